The Morgan fingerprint density at radius 2 is 2.08 bits per heavy atom. The molecule has 3 rings (SSSR count). The fourth-order valence-electron chi connectivity index (χ4n) is 3.97. The second kappa shape index (κ2) is 7.61. The van der Waals surface area contributed by atoms with Crippen LogP contribution in [0.5, 0.6) is 0 Å². The highest BCUT2D eigenvalue weighted by Gasteiger charge is 2.17. The Bertz CT molecular complexity index is 762. The zero-order valence-electron chi connectivity index (χ0n) is 16.1. The van der Waals surface area contributed by atoms with Gasteiger partial charge in [-0.3, -0.25) is 4.79 Å². The molecule has 0 spiro atoms. The van der Waals surface area contributed by atoms with Crippen LogP contribution in [0, 0.1) is 13.8 Å². The van der Waals surface area contributed by atoms with Crippen molar-refractivity contribution in [2.24, 2.45) is 7.05 Å². The smallest absolute Gasteiger partial charge is 0.251 e. The minimum atomic E-state index is 0.0366. The number of aromatic nitrogens is 1. The van der Waals surface area contributed by atoms with Crippen molar-refractivity contribution in [3.8, 4) is 0 Å². The number of hydrogen-bond acceptors (Lipinski definition) is 2. The third kappa shape index (κ3) is 3.74. The lowest BCUT2D eigenvalue weighted by atomic mass is 10.0. The van der Waals surface area contributed by atoms with E-state index in [-0.39, 0.29) is 5.91 Å². The molecule has 1 aliphatic rings. The Balaban J connectivity index is 1.56. The monoisotopic (exact) mass is 341 g/mol. The van der Waals surface area contributed by atoms with E-state index in [0.29, 0.717) is 6.04 Å². The minimum Gasteiger partial charge on any atom is -0.352 e. The zero-order valence-corrected chi connectivity index (χ0v) is 16.1. The Morgan fingerprint density at radius 3 is 2.84 bits per heavy atom. The molecule has 0 bridgehead atoms. The van der Waals surface area contributed by atoms with Crippen molar-refractivity contribution < 1.29 is 4.79 Å². The van der Waals surface area contributed by atoms with Crippen molar-refractivity contribution in [3.05, 3.63) is 35.0 Å². The van der Waals surface area contributed by atoms with Crippen molar-refractivity contribution in [3.63, 3.8) is 0 Å². The first kappa shape index (κ1) is 18.0. The Labute approximate surface area is 151 Å². The Kier molecular flexibility index (Phi) is 5.48. The SMILES string of the molecule is Cc1c(C)n(C)c2ccc(C(=O)NCCCN3CCCC[C@@H]3C)cc12. The first-order valence-electron chi connectivity index (χ1n) is 9.57. The predicted octanol–water partition coefficient (Wildman–Crippen LogP) is 3.79. The van der Waals surface area contributed by atoms with E-state index in [0.717, 1.165) is 25.1 Å². The topological polar surface area (TPSA) is 37.3 Å². The van der Waals surface area contributed by atoms with Gasteiger partial charge in [0.2, 0.25) is 0 Å². The molecule has 1 N–H and O–H groups in total. The van der Waals surface area contributed by atoms with Gasteiger partial charge >= 0.3 is 0 Å². The van der Waals surface area contributed by atoms with E-state index in [2.05, 4.69) is 48.7 Å². The van der Waals surface area contributed by atoms with Gasteiger partial charge in [0, 0.05) is 48.3 Å². The van der Waals surface area contributed by atoms with Crippen LogP contribution in [0.3, 0.4) is 0 Å². The van der Waals surface area contributed by atoms with Gasteiger partial charge in [-0.1, -0.05) is 6.42 Å². The summed E-state index contributed by atoms with van der Waals surface area (Å²) in [6, 6.07) is 6.71. The van der Waals surface area contributed by atoms with Gasteiger partial charge in [-0.15, -0.1) is 0 Å². The van der Waals surface area contributed by atoms with Crippen LogP contribution in [0.4, 0.5) is 0 Å². The number of rotatable bonds is 5. The summed E-state index contributed by atoms with van der Waals surface area (Å²) in [7, 11) is 2.08. The molecule has 1 atom stereocenters. The van der Waals surface area contributed by atoms with E-state index in [4.69, 9.17) is 0 Å². The number of amides is 1. The maximum Gasteiger partial charge on any atom is 0.251 e. The van der Waals surface area contributed by atoms with Crippen molar-refractivity contribution in [2.45, 2.75) is 52.5 Å². The largest absolute Gasteiger partial charge is 0.352 e. The van der Waals surface area contributed by atoms with Gasteiger partial charge in [0.15, 0.2) is 0 Å². The van der Waals surface area contributed by atoms with Gasteiger partial charge in [0.1, 0.15) is 0 Å². The summed E-state index contributed by atoms with van der Waals surface area (Å²) in [6.07, 6.45) is 4.99. The van der Waals surface area contributed by atoms with E-state index in [9.17, 15) is 4.79 Å². The number of hydrogen-bond donors (Lipinski definition) is 1. The normalized spacial score (nSPS) is 18.6. The van der Waals surface area contributed by atoms with E-state index in [1.165, 1.54) is 48.0 Å². The maximum atomic E-state index is 12.5. The lowest BCUT2D eigenvalue weighted by Crippen LogP contribution is -2.39. The average Bonchev–Trinajstić information content (AvgIpc) is 2.84. The standard InChI is InChI=1S/C21H31N3O/c1-15-8-5-6-12-24(15)13-7-11-22-21(25)18-9-10-20-19(14-18)16(2)17(3)23(20)4/h9-10,14-15H,5-8,11-13H2,1-4H3,(H,22,25)/t15-/m0/s1. The van der Waals surface area contributed by atoms with Crippen LogP contribution in [0.15, 0.2) is 18.2 Å². The van der Waals surface area contributed by atoms with E-state index in [1.807, 2.05) is 12.1 Å². The molecule has 0 unspecified atom stereocenters. The molecule has 4 nitrogen and oxygen atoms in total. The third-order valence-electron chi connectivity index (χ3n) is 5.92. The molecule has 2 aromatic rings. The first-order chi connectivity index (χ1) is 12.0. The van der Waals surface area contributed by atoms with Gasteiger partial charge in [0.25, 0.3) is 5.91 Å². The number of fused-ring (bicyclic) bond motifs is 1. The molecule has 1 saturated heterocycles. The van der Waals surface area contributed by atoms with Crippen molar-refractivity contribution >= 4 is 16.8 Å². The molecule has 25 heavy (non-hydrogen) atoms. The van der Waals surface area contributed by atoms with Gasteiger partial charge in [0.05, 0.1) is 0 Å². The lowest BCUT2D eigenvalue weighted by Gasteiger charge is -2.33. The molecular formula is C21H31N3O. The van der Waals surface area contributed by atoms with Crippen molar-refractivity contribution in [1.29, 1.82) is 0 Å². The number of benzene rings is 1. The van der Waals surface area contributed by atoms with Gasteiger partial charge in [-0.2, -0.15) is 0 Å². The van der Waals surface area contributed by atoms with E-state index in [1.54, 1.807) is 0 Å². The Hall–Kier alpha value is -1.81. The van der Waals surface area contributed by atoms with Crippen molar-refractivity contribution in [2.75, 3.05) is 19.6 Å². The number of carbonyl (C=O) groups is 1. The van der Waals surface area contributed by atoms with Crippen LogP contribution < -0.4 is 5.32 Å². The van der Waals surface area contributed by atoms with Crippen LogP contribution in [0.25, 0.3) is 10.9 Å². The molecule has 1 aromatic carbocycles. The van der Waals surface area contributed by atoms with Crippen molar-refractivity contribution in [1.82, 2.24) is 14.8 Å². The number of aryl methyl sites for hydroxylation is 2. The number of likely N-dealkylation sites (tertiary alicyclic amines) is 1. The fraction of sp³-hybridized carbons (Fsp3) is 0.571. The summed E-state index contributed by atoms with van der Waals surface area (Å²) >= 11 is 0. The molecule has 1 aromatic heterocycles. The van der Waals surface area contributed by atoms with Crippen LogP contribution in [0.2, 0.25) is 0 Å². The van der Waals surface area contributed by atoms with Crippen LogP contribution in [-0.4, -0.2) is 41.1 Å². The van der Waals surface area contributed by atoms with E-state index >= 15 is 0 Å². The highest BCUT2D eigenvalue weighted by Crippen LogP contribution is 2.25. The maximum absolute atomic E-state index is 12.5. The first-order valence-corrected chi connectivity index (χ1v) is 9.57. The molecule has 0 radical (unpaired) electrons. The molecular weight excluding hydrogens is 310 g/mol. The summed E-state index contributed by atoms with van der Waals surface area (Å²) in [6.45, 7) is 9.59. The van der Waals surface area contributed by atoms with Gasteiger partial charge in [-0.25, -0.2) is 0 Å². The number of carbonyl (C=O) groups excluding carboxylic acids is 1. The molecule has 136 valence electrons. The molecule has 1 fully saturated rings. The van der Waals surface area contributed by atoms with Gasteiger partial charge < -0.3 is 14.8 Å². The fourth-order valence-corrected chi connectivity index (χ4v) is 3.97. The Morgan fingerprint density at radius 1 is 1.28 bits per heavy atom. The second-order valence-electron chi connectivity index (χ2n) is 7.49. The number of nitrogens with one attached hydrogen (secondary N) is 1. The van der Waals surface area contributed by atoms with Gasteiger partial charge in [-0.05, 0) is 70.3 Å². The molecule has 0 aliphatic carbocycles. The predicted molar refractivity (Wildman–Crippen MR) is 104 cm³/mol. The second-order valence-corrected chi connectivity index (χ2v) is 7.49. The highest BCUT2D eigenvalue weighted by atomic mass is 16.1. The molecule has 0 saturated carbocycles. The summed E-state index contributed by atoms with van der Waals surface area (Å²) in [5.41, 5.74) is 4.45. The summed E-state index contributed by atoms with van der Waals surface area (Å²) in [4.78, 5) is 15.0. The summed E-state index contributed by atoms with van der Waals surface area (Å²) in [5, 5.41) is 4.26. The quantitative estimate of drug-likeness (QED) is 0.840. The molecule has 4 heteroatoms. The van der Waals surface area contributed by atoms with Crippen LogP contribution in [-0.2, 0) is 7.05 Å². The number of nitrogens with zero attached hydrogens (tertiary/aromatic N) is 2. The summed E-state index contributed by atoms with van der Waals surface area (Å²) < 4.78 is 2.19. The summed E-state index contributed by atoms with van der Waals surface area (Å²) in [5.74, 6) is 0.0366. The third-order valence-corrected chi connectivity index (χ3v) is 5.92. The van der Waals surface area contributed by atoms with Crippen LogP contribution in [0.1, 0.15) is 54.2 Å². The lowest BCUT2D eigenvalue weighted by molar-refractivity contribution is 0.0949. The molecule has 2 heterocycles. The molecule has 1 amide bonds. The highest BCUT2D eigenvalue weighted by molar-refractivity contribution is 5.99. The molecule has 1 aliphatic heterocycles. The zero-order chi connectivity index (χ0) is 18.0. The van der Waals surface area contributed by atoms with Crippen LogP contribution >= 0.6 is 0 Å². The van der Waals surface area contributed by atoms with E-state index < -0.39 is 0 Å². The average molecular weight is 341 g/mol. The number of piperidine rings is 1. The minimum absolute atomic E-state index is 0.0366.